The maximum atomic E-state index is 12.7. The molecule has 2 aromatic carbocycles. The van der Waals surface area contributed by atoms with Gasteiger partial charge in [0, 0.05) is 22.8 Å². The molecule has 0 saturated carbocycles. The third-order valence-corrected chi connectivity index (χ3v) is 7.03. The molecular weight excluding hydrogens is 498 g/mol. The fourth-order valence-electron chi connectivity index (χ4n) is 4.66. The lowest BCUT2D eigenvalue weighted by Gasteiger charge is -2.32. The van der Waals surface area contributed by atoms with Crippen LogP contribution in [0.1, 0.15) is 56.4 Å². The van der Waals surface area contributed by atoms with Crippen LogP contribution in [0.25, 0.3) is 0 Å². The number of rotatable bonds is 7. The summed E-state index contributed by atoms with van der Waals surface area (Å²) in [5, 5.41) is 24.9. The lowest BCUT2D eigenvalue weighted by molar-refractivity contribution is -0.0811. The van der Waals surface area contributed by atoms with Gasteiger partial charge in [-0.3, -0.25) is 14.5 Å². The zero-order valence-corrected chi connectivity index (χ0v) is 22.0. The van der Waals surface area contributed by atoms with Gasteiger partial charge >= 0.3 is 0 Å². The van der Waals surface area contributed by atoms with Crippen molar-refractivity contribution in [2.75, 3.05) is 17.2 Å². The Balaban J connectivity index is 1.71. The first kappa shape index (κ1) is 26.5. The van der Waals surface area contributed by atoms with Crippen LogP contribution in [-0.4, -0.2) is 22.4 Å². The summed E-state index contributed by atoms with van der Waals surface area (Å²) in [6, 6.07) is 6.59. The molecular formula is C25H30ClN7O4. The fraction of sp³-hybridized carbons (Fsp3) is 0.400. The molecule has 4 rings (SSSR count). The summed E-state index contributed by atoms with van der Waals surface area (Å²) < 4.78 is 5.83. The second-order valence-electron chi connectivity index (χ2n) is 10.4. The van der Waals surface area contributed by atoms with Gasteiger partial charge in [0.2, 0.25) is 0 Å². The van der Waals surface area contributed by atoms with Crippen molar-refractivity contribution >= 4 is 34.5 Å². The Bertz CT molecular complexity index is 1460. The number of aryl methyl sites for hydroxylation is 1. The maximum Gasteiger partial charge on any atom is 0.253 e. The summed E-state index contributed by atoms with van der Waals surface area (Å²) in [4.78, 5) is 26.9. The summed E-state index contributed by atoms with van der Waals surface area (Å²) in [5.74, 6) is 6.70. The van der Waals surface area contributed by atoms with E-state index in [0.717, 1.165) is 5.76 Å². The molecule has 11 nitrogen and oxygen atoms in total. The van der Waals surface area contributed by atoms with E-state index < -0.39 is 16.6 Å². The number of hydrazone groups is 1. The Morgan fingerprint density at radius 2 is 1.95 bits per heavy atom. The second-order valence-corrected chi connectivity index (χ2v) is 10.8. The van der Waals surface area contributed by atoms with E-state index in [9.17, 15) is 14.7 Å². The van der Waals surface area contributed by atoms with Crippen LogP contribution < -0.4 is 27.3 Å². The third kappa shape index (κ3) is 4.65. The zero-order valence-electron chi connectivity index (χ0n) is 21.3. The van der Waals surface area contributed by atoms with Crippen LogP contribution in [0, 0.1) is 17.9 Å². The van der Waals surface area contributed by atoms with Crippen molar-refractivity contribution in [1.29, 1.82) is 5.53 Å². The molecule has 0 aliphatic carbocycles. The normalized spacial score (nSPS) is 19.2. The lowest BCUT2D eigenvalue weighted by Crippen LogP contribution is -2.42. The van der Waals surface area contributed by atoms with Crippen molar-refractivity contribution < 1.29 is 9.52 Å². The molecule has 196 valence electrons. The predicted octanol–water partition coefficient (Wildman–Crippen LogP) is 4.06. The molecule has 0 bridgehead atoms. The number of nitrogens with zero attached hydrogens (tertiary/aromatic N) is 3. The highest BCUT2D eigenvalue weighted by atomic mass is 35.5. The van der Waals surface area contributed by atoms with Crippen LogP contribution in [0.15, 0.2) is 48.5 Å². The topological polar surface area (TPSA) is 169 Å². The van der Waals surface area contributed by atoms with E-state index in [-0.39, 0.29) is 41.8 Å². The largest absolute Gasteiger partial charge is 0.464 e. The van der Waals surface area contributed by atoms with Crippen LogP contribution in [0.2, 0.25) is 5.02 Å². The number of nitrogens with one attached hydrogen (secondary N) is 3. The third-order valence-electron chi connectivity index (χ3n) is 6.67. The molecule has 0 radical (unpaired) electrons. The first-order chi connectivity index (χ1) is 17.3. The average molecular weight is 528 g/mol. The molecule has 1 unspecified atom stereocenters. The van der Waals surface area contributed by atoms with Crippen LogP contribution in [0.4, 0.5) is 17.1 Å². The molecule has 1 aromatic heterocycles. The molecule has 2 heterocycles. The van der Waals surface area contributed by atoms with Crippen molar-refractivity contribution in [2.45, 2.75) is 52.9 Å². The van der Waals surface area contributed by atoms with Gasteiger partial charge in [-0.2, -0.15) is 5.10 Å². The first-order valence-corrected chi connectivity index (χ1v) is 12.0. The van der Waals surface area contributed by atoms with Gasteiger partial charge in [0.1, 0.15) is 28.6 Å². The number of anilines is 3. The highest BCUT2D eigenvalue weighted by Crippen LogP contribution is 2.45. The number of hydrogen-bond acceptors (Lipinski definition) is 10. The Labute approximate surface area is 218 Å². The van der Waals surface area contributed by atoms with Crippen LogP contribution in [0.5, 0.6) is 0 Å². The number of amidine groups is 1. The highest BCUT2D eigenvalue weighted by molar-refractivity contribution is 6.31. The zero-order chi connectivity index (χ0) is 27.3. The van der Waals surface area contributed by atoms with Crippen molar-refractivity contribution in [1.82, 2.24) is 4.90 Å². The summed E-state index contributed by atoms with van der Waals surface area (Å²) in [7, 11) is 0. The Morgan fingerprint density at radius 1 is 1.27 bits per heavy atom. The lowest BCUT2D eigenvalue weighted by atomic mass is 9.84. The van der Waals surface area contributed by atoms with Crippen molar-refractivity contribution in [3.63, 3.8) is 0 Å². The van der Waals surface area contributed by atoms with Gasteiger partial charge in [-0.15, -0.1) is 5.11 Å². The van der Waals surface area contributed by atoms with E-state index in [1.165, 1.54) is 0 Å². The molecule has 37 heavy (non-hydrogen) atoms. The standard InChI is InChI=1S/C25H30ClN7O4/c1-12-6-9-16(37-12)23(24(2,3)4)30-20-19(21(34)22(20)35)29-15-8-7-14(26)13-10-33(11-17(31-27)32-28)25(5,36)18(13)15/h6-9,23,27,29-30,36H,10-11,28H2,1-5H3/b31-27?,32-17-/t23-,25?/m0/s1. The monoisotopic (exact) mass is 527 g/mol. The Hall–Kier alpha value is -3.54. The molecule has 3 aromatic rings. The highest BCUT2D eigenvalue weighted by Gasteiger charge is 2.43. The van der Waals surface area contributed by atoms with Gasteiger partial charge in [-0.1, -0.05) is 32.4 Å². The van der Waals surface area contributed by atoms with E-state index in [0.29, 0.717) is 27.6 Å². The molecule has 1 aliphatic heterocycles. The van der Waals surface area contributed by atoms with Crippen LogP contribution in [-0.2, 0) is 12.3 Å². The van der Waals surface area contributed by atoms with E-state index >= 15 is 0 Å². The molecule has 2 atom stereocenters. The Kier molecular flexibility index (Phi) is 6.74. The number of furan rings is 1. The van der Waals surface area contributed by atoms with Gasteiger partial charge in [0.05, 0.1) is 12.6 Å². The second kappa shape index (κ2) is 9.40. The quantitative estimate of drug-likeness (QED) is 0.0764. The van der Waals surface area contributed by atoms with E-state index in [2.05, 4.69) is 20.8 Å². The molecule has 1 aliphatic rings. The number of aliphatic hydroxyl groups is 1. The van der Waals surface area contributed by atoms with Gasteiger partial charge in [-0.25, -0.2) is 5.53 Å². The minimum absolute atomic E-state index is 0.000192. The molecule has 0 amide bonds. The number of nitrogens with two attached hydrogens (primary N) is 1. The van der Waals surface area contributed by atoms with E-state index in [1.54, 1.807) is 24.0 Å². The van der Waals surface area contributed by atoms with Crippen LogP contribution >= 0.6 is 11.6 Å². The van der Waals surface area contributed by atoms with Gasteiger partial charge in [0.25, 0.3) is 10.9 Å². The van der Waals surface area contributed by atoms with Gasteiger partial charge < -0.3 is 26.0 Å². The van der Waals surface area contributed by atoms with Gasteiger partial charge in [0.15, 0.2) is 5.84 Å². The number of hydrogen-bond donors (Lipinski definition) is 5. The van der Waals surface area contributed by atoms with Gasteiger partial charge in [-0.05, 0) is 49.1 Å². The predicted molar refractivity (Wildman–Crippen MR) is 142 cm³/mol. The van der Waals surface area contributed by atoms with Crippen LogP contribution in [0.3, 0.4) is 0 Å². The summed E-state index contributed by atoms with van der Waals surface area (Å²) in [6.45, 7) is 9.63. The number of halogens is 1. The summed E-state index contributed by atoms with van der Waals surface area (Å²) in [6.07, 6.45) is 0. The van der Waals surface area contributed by atoms with E-state index in [1.807, 2.05) is 39.8 Å². The van der Waals surface area contributed by atoms with Crippen molar-refractivity contribution in [3.05, 3.63) is 72.4 Å². The minimum atomic E-state index is -1.56. The SMILES string of the molecule is Cc1ccc([C@H](Nc2c(Nc3ccc(Cl)c4c3C(C)(O)N(C/C(N=N)=N/N)C4)c(=O)c2=O)C(C)(C)C)o1. The smallest absolute Gasteiger partial charge is 0.253 e. The Morgan fingerprint density at radius 3 is 2.51 bits per heavy atom. The number of benzene rings is 1. The molecule has 12 heteroatoms. The minimum Gasteiger partial charge on any atom is -0.464 e. The molecule has 6 N–H and O–H groups in total. The van der Waals surface area contributed by atoms with Crippen molar-refractivity contribution in [2.24, 2.45) is 21.5 Å². The number of fused-ring (bicyclic) bond motifs is 1. The first-order valence-electron chi connectivity index (χ1n) is 11.7. The maximum absolute atomic E-state index is 12.7. The van der Waals surface area contributed by atoms with Crippen molar-refractivity contribution in [3.8, 4) is 0 Å². The summed E-state index contributed by atoms with van der Waals surface area (Å²) in [5.41, 5.74) is 5.72. The summed E-state index contributed by atoms with van der Waals surface area (Å²) >= 11 is 6.46. The average Bonchev–Trinajstić information content (AvgIpc) is 3.37. The fourth-order valence-corrected chi connectivity index (χ4v) is 4.88. The molecule has 0 spiro atoms. The van der Waals surface area contributed by atoms with E-state index in [4.69, 9.17) is 27.4 Å². The molecule has 0 fully saturated rings. The molecule has 0 saturated heterocycles.